The number of hydrogen-bond acceptors (Lipinski definition) is 5. The molecule has 2 N–H and O–H groups in total. The molecule has 1 heterocycles. The minimum Gasteiger partial charge on any atom is -0.483 e. The molecule has 0 unspecified atom stereocenters. The zero-order valence-corrected chi connectivity index (χ0v) is 13.3. The van der Waals surface area contributed by atoms with Crippen LogP contribution in [0.1, 0.15) is 24.5 Å². The molecule has 0 aliphatic rings. The number of amides is 1. The van der Waals surface area contributed by atoms with Gasteiger partial charge in [-0.25, -0.2) is 4.79 Å². The molecule has 0 radical (unpaired) electrons. The van der Waals surface area contributed by atoms with Crippen molar-refractivity contribution in [3.05, 3.63) is 39.7 Å². The Bertz CT molecular complexity index is 750. The average molecular weight is 319 g/mol. The van der Waals surface area contributed by atoms with E-state index in [0.29, 0.717) is 30.7 Å². The van der Waals surface area contributed by atoms with Crippen molar-refractivity contribution in [3.8, 4) is 5.75 Å². The van der Waals surface area contributed by atoms with Gasteiger partial charge < -0.3 is 19.6 Å². The molecule has 0 atom stereocenters. The summed E-state index contributed by atoms with van der Waals surface area (Å²) >= 11 is 0. The number of aliphatic hydroxyl groups excluding tert-OH is 1. The number of nitrogens with one attached hydrogen (secondary N) is 1. The fourth-order valence-corrected chi connectivity index (χ4v) is 2.36. The van der Waals surface area contributed by atoms with Crippen LogP contribution in [0.25, 0.3) is 11.0 Å². The molecular formula is C17H21NO5. The number of benzene rings is 1. The summed E-state index contributed by atoms with van der Waals surface area (Å²) in [5.74, 6) is 0.265. The number of fused-ring (bicyclic) bond motifs is 1. The van der Waals surface area contributed by atoms with Crippen molar-refractivity contribution in [1.29, 1.82) is 0 Å². The number of aliphatic hydroxyl groups is 1. The van der Waals surface area contributed by atoms with Gasteiger partial charge >= 0.3 is 5.63 Å². The van der Waals surface area contributed by atoms with Gasteiger partial charge in [-0.1, -0.05) is 6.92 Å². The molecule has 2 rings (SSSR count). The third-order valence-corrected chi connectivity index (χ3v) is 3.43. The maximum atomic E-state index is 11.7. The number of aryl methyl sites for hydroxylation is 2. The Morgan fingerprint density at radius 3 is 2.83 bits per heavy atom. The second-order valence-electron chi connectivity index (χ2n) is 5.30. The number of rotatable bonds is 7. The van der Waals surface area contributed by atoms with Gasteiger partial charge in [0.15, 0.2) is 6.61 Å². The Hall–Kier alpha value is -2.34. The summed E-state index contributed by atoms with van der Waals surface area (Å²) in [4.78, 5) is 23.3. The zero-order chi connectivity index (χ0) is 16.8. The lowest BCUT2D eigenvalue weighted by Gasteiger charge is -2.12. The molecule has 6 nitrogen and oxygen atoms in total. The molecular weight excluding hydrogens is 298 g/mol. The topological polar surface area (TPSA) is 88.8 Å². The summed E-state index contributed by atoms with van der Waals surface area (Å²) in [5.41, 5.74) is 1.77. The highest BCUT2D eigenvalue weighted by atomic mass is 16.5. The van der Waals surface area contributed by atoms with E-state index in [1.165, 1.54) is 6.07 Å². The van der Waals surface area contributed by atoms with E-state index < -0.39 is 5.63 Å². The molecule has 1 aromatic heterocycles. The molecule has 6 heteroatoms. The van der Waals surface area contributed by atoms with Crippen LogP contribution < -0.4 is 15.7 Å². The van der Waals surface area contributed by atoms with Crippen molar-refractivity contribution in [1.82, 2.24) is 5.32 Å². The summed E-state index contributed by atoms with van der Waals surface area (Å²) in [6.45, 7) is 4.11. The molecule has 1 amide bonds. The second kappa shape index (κ2) is 7.78. The van der Waals surface area contributed by atoms with Crippen LogP contribution in [-0.2, 0) is 11.2 Å². The van der Waals surface area contributed by atoms with E-state index in [9.17, 15) is 9.59 Å². The molecule has 2 aromatic rings. The Morgan fingerprint density at radius 2 is 2.13 bits per heavy atom. The number of carbonyl (C=O) groups is 1. The van der Waals surface area contributed by atoms with Gasteiger partial charge in [0.2, 0.25) is 0 Å². The van der Waals surface area contributed by atoms with Crippen LogP contribution in [0, 0.1) is 6.92 Å². The first kappa shape index (κ1) is 17.0. The van der Waals surface area contributed by atoms with Crippen molar-refractivity contribution < 1.29 is 19.1 Å². The lowest BCUT2D eigenvalue weighted by atomic mass is 10.1. The molecule has 0 bridgehead atoms. The van der Waals surface area contributed by atoms with Crippen LogP contribution in [0.5, 0.6) is 5.75 Å². The van der Waals surface area contributed by atoms with E-state index in [2.05, 4.69) is 5.32 Å². The fraction of sp³-hybridized carbons (Fsp3) is 0.412. The van der Waals surface area contributed by atoms with E-state index in [1.54, 1.807) is 6.07 Å². The lowest BCUT2D eigenvalue weighted by Crippen LogP contribution is -2.30. The smallest absolute Gasteiger partial charge is 0.336 e. The first-order chi connectivity index (χ1) is 11.0. The van der Waals surface area contributed by atoms with Gasteiger partial charge in [-0.3, -0.25) is 4.79 Å². The summed E-state index contributed by atoms with van der Waals surface area (Å²) < 4.78 is 10.9. The fourth-order valence-electron chi connectivity index (χ4n) is 2.36. The summed E-state index contributed by atoms with van der Waals surface area (Å²) in [6, 6.07) is 5.05. The van der Waals surface area contributed by atoms with Gasteiger partial charge in [0.05, 0.1) is 5.39 Å². The first-order valence-electron chi connectivity index (χ1n) is 7.63. The molecule has 0 aliphatic heterocycles. The molecule has 0 fully saturated rings. The minimum absolute atomic E-state index is 0.0303. The second-order valence-corrected chi connectivity index (χ2v) is 5.30. The van der Waals surface area contributed by atoms with Gasteiger partial charge in [-0.2, -0.15) is 0 Å². The van der Waals surface area contributed by atoms with Crippen LogP contribution in [0.15, 0.2) is 27.4 Å². The monoisotopic (exact) mass is 319 g/mol. The van der Waals surface area contributed by atoms with Crippen molar-refractivity contribution in [2.75, 3.05) is 19.8 Å². The van der Waals surface area contributed by atoms with Gasteiger partial charge in [0.25, 0.3) is 5.91 Å². The Balaban J connectivity index is 2.26. The van der Waals surface area contributed by atoms with Crippen LogP contribution in [0.3, 0.4) is 0 Å². The average Bonchev–Trinajstić information content (AvgIpc) is 2.51. The van der Waals surface area contributed by atoms with Gasteiger partial charge in [-0.15, -0.1) is 0 Å². The predicted molar refractivity (Wildman–Crippen MR) is 86.8 cm³/mol. The summed E-state index contributed by atoms with van der Waals surface area (Å²) in [7, 11) is 0. The van der Waals surface area contributed by atoms with E-state index in [4.69, 9.17) is 14.3 Å². The maximum absolute atomic E-state index is 11.7. The van der Waals surface area contributed by atoms with Crippen molar-refractivity contribution >= 4 is 16.9 Å². The van der Waals surface area contributed by atoms with Crippen LogP contribution in [-0.4, -0.2) is 30.8 Å². The quantitative estimate of drug-likeness (QED) is 0.597. The molecule has 124 valence electrons. The third kappa shape index (κ3) is 4.32. The zero-order valence-electron chi connectivity index (χ0n) is 13.3. The van der Waals surface area contributed by atoms with Crippen molar-refractivity contribution in [2.24, 2.45) is 0 Å². The SMILES string of the molecule is CCc1cc(=O)oc2cc(C)cc(OCC(=O)NCCCO)c12. The summed E-state index contributed by atoms with van der Waals surface area (Å²) in [6.07, 6.45) is 1.16. The van der Waals surface area contributed by atoms with Gasteiger partial charge in [0.1, 0.15) is 11.3 Å². The van der Waals surface area contributed by atoms with Crippen molar-refractivity contribution in [3.63, 3.8) is 0 Å². The van der Waals surface area contributed by atoms with Crippen LogP contribution >= 0.6 is 0 Å². The van der Waals surface area contributed by atoms with E-state index in [1.807, 2.05) is 19.9 Å². The van der Waals surface area contributed by atoms with E-state index >= 15 is 0 Å². The maximum Gasteiger partial charge on any atom is 0.336 e. The highest BCUT2D eigenvalue weighted by Crippen LogP contribution is 2.30. The largest absolute Gasteiger partial charge is 0.483 e. The minimum atomic E-state index is -0.396. The number of carbonyl (C=O) groups excluding carboxylic acids is 1. The molecule has 0 aliphatic carbocycles. The highest BCUT2D eigenvalue weighted by molar-refractivity contribution is 5.88. The summed E-state index contributed by atoms with van der Waals surface area (Å²) in [5, 5.41) is 12.1. The van der Waals surface area contributed by atoms with Gasteiger partial charge in [-0.05, 0) is 43.0 Å². The van der Waals surface area contributed by atoms with E-state index in [-0.39, 0.29) is 19.1 Å². The lowest BCUT2D eigenvalue weighted by molar-refractivity contribution is -0.123. The third-order valence-electron chi connectivity index (χ3n) is 3.43. The van der Waals surface area contributed by atoms with Gasteiger partial charge in [0, 0.05) is 19.2 Å². The normalized spacial score (nSPS) is 10.7. The Kier molecular flexibility index (Phi) is 5.76. The standard InChI is InChI=1S/C17H21NO5/c1-3-12-9-16(21)23-14-8-11(2)7-13(17(12)14)22-10-15(20)18-5-4-6-19/h7-9,19H,3-6,10H2,1-2H3,(H,18,20). The van der Waals surface area contributed by atoms with E-state index in [0.717, 1.165) is 16.5 Å². The van der Waals surface area contributed by atoms with Crippen LogP contribution in [0.4, 0.5) is 0 Å². The number of ether oxygens (including phenoxy) is 1. The molecule has 23 heavy (non-hydrogen) atoms. The Labute approximate surface area is 134 Å². The predicted octanol–water partition coefficient (Wildman–Crippen LogP) is 1.54. The highest BCUT2D eigenvalue weighted by Gasteiger charge is 2.13. The molecule has 1 aromatic carbocycles. The van der Waals surface area contributed by atoms with Crippen LogP contribution in [0.2, 0.25) is 0 Å². The molecule has 0 saturated carbocycles. The first-order valence-corrected chi connectivity index (χ1v) is 7.63. The number of hydrogen-bond donors (Lipinski definition) is 2. The van der Waals surface area contributed by atoms with Crippen molar-refractivity contribution in [2.45, 2.75) is 26.7 Å². The Morgan fingerprint density at radius 1 is 1.35 bits per heavy atom. The molecule has 0 spiro atoms. The molecule has 0 saturated heterocycles.